The van der Waals surface area contributed by atoms with Gasteiger partial charge in [-0.3, -0.25) is 4.90 Å². The van der Waals surface area contributed by atoms with Crippen molar-refractivity contribution in [2.24, 2.45) is 16.8 Å². The van der Waals surface area contributed by atoms with E-state index in [4.69, 9.17) is 22.5 Å². The average molecular weight is 282 g/mol. The van der Waals surface area contributed by atoms with Gasteiger partial charge in [-0.1, -0.05) is 35.8 Å². The van der Waals surface area contributed by atoms with E-state index in [0.29, 0.717) is 16.6 Å². The molecule has 4 nitrogen and oxygen atoms in total. The van der Waals surface area contributed by atoms with Crippen LogP contribution in [0.15, 0.2) is 23.4 Å². The van der Waals surface area contributed by atoms with Crippen LogP contribution in [-0.4, -0.2) is 28.5 Å². The van der Waals surface area contributed by atoms with Gasteiger partial charge in [-0.05, 0) is 30.9 Å². The van der Waals surface area contributed by atoms with Crippen molar-refractivity contribution in [1.29, 1.82) is 0 Å². The zero-order chi connectivity index (χ0) is 14.0. The zero-order valence-corrected chi connectivity index (χ0v) is 12.1. The van der Waals surface area contributed by atoms with Crippen LogP contribution in [0, 0.1) is 5.92 Å². The molecule has 1 aromatic carbocycles. The summed E-state index contributed by atoms with van der Waals surface area (Å²) in [4.78, 5) is 2.44. The minimum atomic E-state index is 0.0802. The lowest BCUT2D eigenvalue weighted by atomic mass is 10.1. The summed E-state index contributed by atoms with van der Waals surface area (Å²) in [5.41, 5.74) is 7.27. The third-order valence-corrected chi connectivity index (χ3v) is 4.09. The second-order valence-corrected chi connectivity index (χ2v) is 5.82. The highest BCUT2D eigenvalue weighted by Crippen LogP contribution is 2.27. The Kier molecular flexibility index (Phi) is 4.32. The summed E-state index contributed by atoms with van der Waals surface area (Å²) in [5.74, 6) is 0.821. The quantitative estimate of drug-likeness (QED) is 0.387. The first-order valence-electron chi connectivity index (χ1n) is 6.51. The monoisotopic (exact) mass is 281 g/mol. The van der Waals surface area contributed by atoms with Gasteiger partial charge in [-0.15, -0.1) is 0 Å². The van der Waals surface area contributed by atoms with E-state index in [2.05, 4.69) is 23.9 Å². The van der Waals surface area contributed by atoms with Crippen LogP contribution in [-0.2, 0) is 6.54 Å². The van der Waals surface area contributed by atoms with E-state index in [1.165, 1.54) is 6.42 Å². The zero-order valence-electron chi connectivity index (χ0n) is 11.3. The molecule has 2 rings (SSSR count). The van der Waals surface area contributed by atoms with E-state index in [-0.39, 0.29) is 5.84 Å². The highest BCUT2D eigenvalue weighted by molar-refractivity contribution is 6.31. The van der Waals surface area contributed by atoms with E-state index in [1.807, 2.05) is 12.1 Å². The molecular formula is C14H20ClN3O. The van der Waals surface area contributed by atoms with Gasteiger partial charge in [0.15, 0.2) is 5.84 Å². The smallest absolute Gasteiger partial charge is 0.170 e. The topological polar surface area (TPSA) is 61.8 Å². The second kappa shape index (κ2) is 5.80. The Labute approximate surface area is 118 Å². The molecule has 104 valence electrons. The van der Waals surface area contributed by atoms with E-state index in [1.54, 1.807) is 6.07 Å². The van der Waals surface area contributed by atoms with Crippen molar-refractivity contribution < 1.29 is 5.21 Å². The maximum atomic E-state index is 8.65. The van der Waals surface area contributed by atoms with Crippen LogP contribution in [0.25, 0.3) is 0 Å². The van der Waals surface area contributed by atoms with Gasteiger partial charge in [0, 0.05) is 29.7 Å². The van der Waals surface area contributed by atoms with E-state index < -0.39 is 0 Å². The van der Waals surface area contributed by atoms with Crippen molar-refractivity contribution >= 4 is 17.4 Å². The molecule has 1 aliphatic heterocycles. The molecular weight excluding hydrogens is 262 g/mol. The number of benzene rings is 1. The van der Waals surface area contributed by atoms with Crippen LogP contribution in [0.1, 0.15) is 31.4 Å². The molecule has 1 saturated heterocycles. The van der Waals surface area contributed by atoms with Crippen LogP contribution >= 0.6 is 11.6 Å². The molecule has 1 heterocycles. The van der Waals surface area contributed by atoms with Gasteiger partial charge in [-0.2, -0.15) is 0 Å². The fraction of sp³-hybridized carbons (Fsp3) is 0.500. The minimum absolute atomic E-state index is 0.0802. The predicted molar refractivity (Wildman–Crippen MR) is 77.6 cm³/mol. The molecule has 1 fully saturated rings. The van der Waals surface area contributed by atoms with Crippen molar-refractivity contribution in [2.75, 3.05) is 6.54 Å². The number of hydrogen-bond acceptors (Lipinski definition) is 3. The second-order valence-electron chi connectivity index (χ2n) is 5.41. The number of nitrogens with zero attached hydrogens (tertiary/aromatic N) is 2. The van der Waals surface area contributed by atoms with Crippen LogP contribution in [0.4, 0.5) is 0 Å². The number of halogens is 1. The van der Waals surface area contributed by atoms with Crippen molar-refractivity contribution in [3.63, 3.8) is 0 Å². The Hall–Kier alpha value is -1.26. The Bertz CT molecular complexity index is 490. The molecule has 0 aromatic heterocycles. The van der Waals surface area contributed by atoms with E-state index in [0.717, 1.165) is 24.6 Å². The fourth-order valence-electron chi connectivity index (χ4n) is 2.72. The number of rotatable bonds is 3. The minimum Gasteiger partial charge on any atom is -0.409 e. The normalized spacial score (nSPS) is 24.9. The summed E-state index contributed by atoms with van der Waals surface area (Å²) in [5, 5.41) is 12.3. The summed E-state index contributed by atoms with van der Waals surface area (Å²) in [6.07, 6.45) is 1.24. The molecule has 2 unspecified atom stereocenters. The van der Waals surface area contributed by atoms with Crippen molar-refractivity contribution in [3.8, 4) is 0 Å². The molecule has 1 aromatic rings. The van der Waals surface area contributed by atoms with Crippen molar-refractivity contribution in [2.45, 2.75) is 32.9 Å². The van der Waals surface area contributed by atoms with Gasteiger partial charge in [0.1, 0.15) is 0 Å². The molecule has 0 aliphatic carbocycles. The molecule has 0 spiro atoms. The molecule has 3 N–H and O–H groups in total. The van der Waals surface area contributed by atoms with Crippen LogP contribution in [0.5, 0.6) is 0 Å². The van der Waals surface area contributed by atoms with Crippen LogP contribution < -0.4 is 5.73 Å². The van der Waals surface area contributed by atoms with Gasteiger partial charge in [-0.25, -0.2) is 0 Å². The van der Waals surface area contributed by atoms with Crippen LogP contribution in [0.3, 0.4) is 0 Å². The fourth-order valence-corrected chi connectivity index (χ4v) is 2.96. The van der Waals surface area contributed by atoms with Gasteiger partial charge >= 0.3 is 0 Å². The SMILES string of the molecule is CC1CC(C)N(Cc2ccc(/C(N)=N/O)cc2Cl)C1. The lowest BCUT2D eigenvalue weighted by molar-refractivity contribution is 0.256. The molecule has 0 saturated carbocycles. The maximum absolute atomic E-state index is 8.65. The lowest BCUT2D eigenvalue weighted by Crippen LogP contribution is -2.26. The summed E-state index contributed by atoms with van der Waals surface area (Å²) in [6.45, 7) is 6.49. The van der Waals surface area contributed by atoms with Gasteiger partial charge in [0.25, 0.3) is 0 Å². The summed E-state index contributed by atoms with van der Waals surface area (Å²) in [6, 6.07) is 6.12. The molecule has 0 bridgehead atoms. The molecule has 0 radical (unpaired) electrons. The maximum Gasteiger partial charge on any atom is 0.170 e. The number of likely N-dealkylation sites (tertiary alicyclic amines) is 1. The third kappa shape index (κ3) is 3.19. The van der Waals surface area contributed by atoms with Gasteiger partial charge in [0.2, 0.25) is 0 Å². The average Bonchev–Trinajstić information content (AvgIpc) is 2.69. The third-order valence-electron chi connectivity index (χ3n) is 3.74. The highest BCUT2D eigenvalue weighted by Gasteiger charge is 2.26. The number of nitrogens with two attached hydrogens (primary N) is 1. The van der Waals surface area contributed by atoms with E-state index in [9.17, 15) is 0 Å². The summed E-state index contributed by atoms with van der Waals surface area (Å²) < 4.78 is 0. The van der Waals surface area contributed by atoms with Gasteiger partial charge < -0.3 is 10.9 Å². The first-order valence-corrected chi connectivity index (χ1v) is 6.89. The first kappa shape index (κ1) is 14.2. The number of oxime groups is 1. The Balaban J connectivity index is 2.14. The van der Waals surface area contributed by atoms with E-state index >= 15 is 0 Å². The molecule has 0 amide bonds. The molecule has 1 aliphatic rings. The van der Waals surface area contributed by atoms with Crippen LogP contribution in [0.2, 0.25) is 5.02 Å². The standard InChI is InChI=1S/C14H20ClN3O/c1-9-5-10(2)18(7-9)8-12-4-3-11(6-13(12)15)14(16)17-19/h3-4,6,9-10,19H,5,7-8H2,1-2H3,(H2,16,17). The van der Waals surface area contributed by atoms with Crippen molar-refractivity contribution in [3.05, 3.63) is 34.3 Å². The Morgan fingerprint density at radius 2 is 2.26 bits per heavy atom. The molecule has 19 heavy (non-hydrogen) atoms. The predicted octanol–water partition coefficient (Wildman–Crippen LogP) is 2.66. The lowest BCUT2D eigenvalue weighted by Gasteiger charge is -2.21. The summed E-state index contributed by atoms with van der Waals surface area (Å²) >= 11 is 6.27. The number of hydrogen-bond donors (Lipinski definition) is 2. The largest absolute Gasteiger partial charge is 0.409 e. The number of amidine groups is 1. The molecule has 5 heteroatoms. The molecule has 2 atom stereocenters. The Morgan fingerprint density at radius 3 is 2.79 bits per heavy atom. The Morgan fingerprint density at radius 1 is 1.53 bits per heavy atom. The summed E-state index contributed by atoms with van der Waals surface area (Å²) in [7, 11) is 0. The van der Waals surface area contributed by atoms with Crippen molar-refractivity contribution in [1.82, 2.24) is 4.90 Å². The first-order chi connectivity index (χ1) is 9.01. The highest BCUT2D eigenvalue weighted by atomic mass is 35.5. The van der Waals surface area contributed by atoms with Gasteiger partial charge in [0.05, 0.1) is 0 Å².